The number of halogens is 3. The molecule has 2 aliphatic heterocycles. The smallest absolute Gasteiger partial charge is 0.385 e. The molecule has 1 aromatic rings. The van der Waals surface area contributed by atoms with E-state index in [-0.39, 0.29) is 6.04 Å². The number of H-pyrrole nitrogens is 1. The quantitative estimate of drug-likeness (QED) is 0.777. The molecular formula is C12H15F3N4O. The molecule has 3 N–H and O–H groups in total. The van der Waals surface area contributed by atoms with Gasteiger partial charge in [0.25, 0.3) is 0 Å². The summed E-state index contributed by atoms with van der Waals surface area (Å²) >= 11 is 0. The lowest BCUT2D eigenvalue weighted by atomic mass is 10.1. The van der Waals surface area contributed by atoms with Gasteiger partial charge < -0.3 is 15.1 Å². The van der Waals surface area contributed by atoms with Crippen LogP contribution < -0.4 is 10.9 Å². The van der Waals surface area contributed by atoms with Crippen LogP contribution in [0.15, 0.2) is 18.5 Å². The molecular weight excluding hydrogens is 273 g/mol. The lowest BCUT2D eigenvalue weighted by Crippen LogP contribution is -2.47. The fourth-order valence-electron chi connectivity index (χ4n) is 2.36. The highest BCUT2D eigenvalue weighted by Crippen LogP contribution is 2.32. The van der Waals surface area contributed by atoms with Gasteiger partial charge in [0.2, 0.25) is 0 Å². The van der Waals surface area contributed by atoms with Crippen LogP contribution in [0.5, 0.6) is 0 Å². The first-order valence-electron chi connectivity index (χ1n) is 6.43. The molecule has 1 saturated heterocycles. The molecule has 0 saturated carbocycles. The second-order valence-corrected chi connectivity index (χ2v) is 4.89. The largest absolute Gasteiger partial charge is 0.417 e. The lowest BCUT2D eigenvalue weighted by Gasteiger charge is -2.29. The van der Waals surface area contributed by atoms with Gasteiger partial charge in [-0.25, -0.2) is 0 Å². The standard InChI is InChI=1S/C12H15F3N4O/c13-12(14,15)8-4-10(17-5-8)11-7-19(18-20-11)9-2-1-3-16-6-9/h4-5,7,9,16-18H,1-3,6H2. The van der Waals surface area contributed by atoms with Crippen LogP contribution in [-0.4, -0.2) is 29.1 Å². The van der Waals surface area contributed by atoms with Crippen molar-refractivity contribution < 1.29 is 18.0 Å². The first-order chi connectivity index (χ1) is 9.54. The van der Waals surface area contributed by atoms with Crippen molar-refractivity contribution in [3.05, 3.63) is 29.7 Å². The average Bonchev–Trinajstić information content (AvgIpc) is 3.08. The van der Waals surface area contributed by atoms with Gasteiger partial charge in [0.15, 0.2) is 5.76 Å². The Kier molecular flexibility index (Phi) is 3.35. The molecule has 0 spiro atoms. The Morgan fingerprint density at radius 2 is 2.20 bits per heavy atom. The highest BCUT2D eigenvalue weighted by molar-refractivity contribution is 5.58. The summed E-state index contributed by atoms with van der Waals surface area (Å²) in [4.78, 5) is 7.82. The number of hydrogen-bond donors (Lipinski definition) is 3. The van der Waals surface area contributed by atoms with Gasteiger partial charge in [-0.15, -0.1) is 0 Å². The van der Waals surface area contributed by atoms with E-state index in [1.807, 2.05) is 0 Å². The topological polar surface area (TPSA) is 52.3 Å². The molecule has 3 heterocycles. The van der Waals surface area contributed by atoms with E-state index >= 15 is 0 Å². The first kappa shape index (κ1) is 13.3. The number of rotatable bonds is 2. The number of aromatic nitrogens is 1. The molecule has 1 unspecified atom stereocenters. The van der Waals surface area contributed by atoms with Gasteiger partial charge in [0.1, 0.15) is 0 Å². The summed E-state index contributed by atoms with van der Waals surface area (Å²) in [6, 6.07) is 1.27. The van der Waals surface area contributed by atoms with Crippen molar-refractivity contribution in [2.75, 3.05) is 13.1 Å². The predicted molar refractivity (Wildman–Crippen MR) is 65.7 cm³/mol. The van der Waals surface area contributed by atoms with Crippen molar-refractivity contribution in [2.24, 2.45) is 0 Å². The van der Waals surface area contributed by atoms with Crippen LogP contribution in [0.25, 0.3) is 5.76 Å². The van der Waals surface area contributed by atoms with Crippen LogP contribution in [0.3, 0.4) is 0 Å². The molecule has 2 aliphatic rings. The molecule has 0 amide bonds. The van der Waals surface area contributed by atoms with Crippen LogP contribution in [-0.2, 0) is 11.0 Å². The molecule has 3 rings (SSSR count). The maximum atomic E-state index is 12.5. The van der Waals surface area contributed by atoms with E-state index in [1.165, 1.54) is 0 Å². The number of nitrogens with one attached hydrogen (secondary N) is 3. The zero-order valence-corrected chi connectivity index (χ0v) is 10.6. The third kappa shape index (κ3) is 2.61. The zero-order valence-electron chi connectivity index (χ0n) is 10.6. The molecule has 20 heavy (non-hydrogen) atoms. The maximum Gasteiger partial charge on any atom is 0.417 e. The summed E-state index contributed by atoms with van der Waals surface area (Å²) in [6.07, 6.45) is 0.334. The van der Waals surface area contributed by atoms with E-state index < -0.39 is 11.7 Å². The second-order valence-electron chi connectivity index (χ2n) is 4.89. The van der Waals surface area contributed by atoms with Gasteiger partial charge in [-0.2, -0.15) is 13.2 Å². The molecule has 5 nitrogen and oxygen atoms in total. The lowest BCUT2D eigenvalue weighted by molar-refractivity contribution is -0.137. The summed E-state index contributed by atoms with van der Waals surface area (Å²) in [5, 5.41) is 5.05. The summed E-state index contributed by atoms with van der Waals surface area (Å²) in [6.45, 7) is 1.81. The van der Waals surface area contributed by atoms with Gasteiger partial charge in [-0.05, 0) is 25.5 Å². The van der Waals surface area contributed by atoms with Crippen LogP contribution >= 0.6 is 0 Å². The fourth-order valence-corrected chi connectivity index (χ4v) is 2.36. The van der Waals surface area contributed by atoms with Crippen molar-refractivity contribution in [3.8, 4) is 0 Å². The maximum absolute atomic E-state index is 12.5. The van der Waals surface area contributed by atoms with E-state index in [0.717, 1.165) is 38.2 Å². The first-order valence-corrected chi connectivity index (χ1v) is 6.43. The SMILES string of the molecule is FC(F)(F)c1c[nH]c(C2=CN(C3CCCNC3)NO2)c1. The minimum atomic E-state index is -4.35. The van der Waals surface area contributed by atoms with Gasteiger partial charge in [0.05, 0.1) is 23.5 Å². The molecule has 0 bridgehead atoms. The van der Waals surface area contributed by atoms with Crippen LogP contribution in [0.1, 0.15) is 24.1 Å². The Balaban J connectivity index is 1.73. The average molecular weight is 288 g/mol. The number of aromatic amines is 1. The van der Waals surface area contributed by atoms with Gasteiger partial charge in [-0.1, -0.05) is 5.59 Å². The third-order valence-electron chi connectivity index (χ3n) is 3.46. The van der Waals surface area contributed by atoms with Crippen molar-refractivity contribution in [3.63, 3.8) is 0 Å². The van der Waals surface area contributed by atoms with Gasteiger partial charge in [-0.3, -0.25) is 5.01 Å². The summed E-state index contributed by atoms with van der Waals surface area (Å²) in [5.41, 5.74) is 2.31. The van der Waals surface area contributed by atoms with E-state index in [2.05, 4.69) is 15.9 Å². The van der Waals surface area contributed by atoms with E-state index in [9.17, 15) is 13.2 Å². The molecule has 1 atom stereocenters. The molecule has 1 fully saturated rings. The highest BCUT2D eigenvalue weighted by Gasteiger charge is 2.33. The summed E-state index contributed by atoms with van der Waals surface area (Å²) < 4.78 is 37.6. The van der Waals surface area contributed by atoms with E-state index in [1.54, 1.807) is 11.2 Å². The summed E-state index contributed by atoms with van der Waals surface area (Å²) in [5.74, 6) is 0.353. The molecule has 110 valence electrons. The minimum Gasteiger partial charge on any atom is -0.385 e. The molecule has 0 radical (unpaired) electrons. The zero-order chi connectivity index (χ0) is 14.2. The molecule has 0 aliphatic carbocycles. The highest BCUT2D eigenvalue weighted by atomic mass is 19.4. The Hall–Kier alpha value is -1.67. The number of hydrogen-bond acceptors (Lipinski definition) is 4. The third-order valence-corrected chi connectivity index (χ3v) is 3.46. The van der Waals surface area contributed by atoms with Crippen LogP contribution in [0.4, 0.5) is 13.2 Å². The van der Waals surface area contributed by atoms with Crippen molar-refractivity contribution in [1.82, 2.24) is 20.9 Å². The van der Waals surface area contributed by atoms with E-state index in [4.69, 9.17) is 4.84 Å². The summed E-state index contributed by atoms with van der Waals surface area (Å²) in [7, 11) is 0. The van der Waals surface area contributed by atoms with Crippen molar-refractivity contribution in [2.45, 2.75) is 25.1 Å². The predicted octanol–water partition coefficient (Wildman–Crippen LogP) is 1.84. The van der Waals surface area contributed by atoms with Gasteiger partial charge in [0, 0.05) is 12.7 Å². The number of piperidine rings is 1. The normalized spacial score (nSPS) is 23.6. The van der Waals surface area contributed by atoms with Crippen molar-refractivity contribution >= 4 is 5.76 Å². The number of hydrazine groups is 1. The van der Waals surface area contributed by atoms with Crippen LogP contribution in [0.2, 0.25) is 0 Å². The Morgan fingerprint density at radius 3 is 2.85 bits per heavy atom. The van der Waals surface area contributed by atoms with E-state index in [0.29, 0.717) is 11.5 Å². The Bertz CT molecular complexity index is 505. The Morgan fingerprint density at radius 1 is 1.35 bits per heavy atom. The second kappa shape index (κ2) is 5.02. The van der Waals surface area contributed by atoms with Crippen LogP contribution in [0, 0.1) is 0 Å². The Labute approximate surface area is 113 Å². The molecule has 8 heteroatoms. The number of alkyl halides is 3. The monoisotopic (exact) mass is 288 g/mol. The minimum absolute atomic E-state index is 0.235. The number of nitrogens with zero attached hydrogens (tertiary/aromatic N) is 1. The van der Waals surface area contributed by atoms with Gasteiger partial charge >= 0.3 is 6.18 Å². The van der Waals surface area contributed by atoms with Crippen molar-refractivity contribution in [1.29, 1.82) is 0 Å². The molecule has 0 aromatic carbocycles. The molecule has 1 aromatic heterocycles. The fraction of sp³-hybridized carbons (Fsp3) is 0.500.